The second kappa shape index (κ2) is 11.8. The summed E-state index contributed by atoms with van der Waals surface area (Å²) in [6, 6.07) is 17.1. The van der Waals surface area contributed by atoms with Gasteiger partial charge in [0.05, 0.1) is 18.6 Å². The summed E-state index contributed by atoms with van der Waals surface area (Å²) in [4.78, 5) is 40.5. The zero-order valence-corrected chi connectivity index (χ0v) is 20.7. The van der Waals surface area contributed by atoms with E-state index in [4.69, 9.17) is 4.74 Å². The first-order valence-electron chi connectivity index (χ1n) is 11.9. The summed E-state index contributed by atoms with van der Waals surface area (Å²) in [6.45, 7) is 6.37. The van der Waals surface area contributed by atoms with E-state index >= 15 is 0 Å². The number of methoxy groups -OCH3 is 1. The second-order valence-corrected chi connectivity index (χ2v) is 9.58. The van der Waals surface area contributed by atoms with E-state index in [0.29, 0.717) is 43.9 Å². The zero-order valence-electron chi connectivity index (χ0n) is 20.7. The maximum Gasteiger partial charge on any atom is 0.407 e. The van der Waals surface area contributed by atoms with Crippen molar-refractivity contribution in [3.05, 3.63) is 65.7 Å². The molecule has 2 aromatic rings. The molecule has 1 heterocycles. The van der Waals surface area contributed by atoms with E-state index < -0.39 is 11.5 Å². The van der Waals surface area contributed by atoms with Gasteiger partial charge in [-0.2, -0.15) is 0 Å². The normalized spacial score (nSPS) is 16.5. The molecule has 0 aromatic heterocycles. The molecule has 1 aliphatic rings. The maximum atomic E-state index is 13.0. The van der Waals surface area contributed by atoms with Gasteiger partial charge in [0.2, 0.25) is 0 Å². The molecule has 0 radical (unpaired) electrons. The molecule has 8 nitrogen and oxygen atoms in total. The lowest BCUT2D eigenvalue weighted by molar-refractivity contribution is -0.151. The van der Waals surface area contributed by atoms with Crippen molar-refractivity contribution >= 4 is 23.5 Å². The average molecular weight is 482 g/mol. The summed E-state index contributed by atoms with van der Waals surface area (Å²) in [7, 11) is 1.35. The number of Topliss-reactive ketones (excluding diaryl/α,β-unsaturated/α-hetero) is 1. The molecule has 0 bridgehead atoms. The molecule has 1 saturated heterocycles. The van der Waals surface area contributed by atoms with Gasteiger partial charge in [-0.25, -0.2) is 4.79 Å². The molecule has 2 N–H and O–H groups in total. The third kappa shape index (κ3) is 7.05. The van der Waals surface area contributed by atoms with Gasteiger partial charge in [-0.05, 0) is 38.0 Å². The number of nitrogens with zero attached hydrogens (tertiary/aromatic N) is 2. The SMILES string of the molecule is COC(=O)C(C)(C)CCC(=O)c1ccccc1NC[C@H]1CN(Cc2ccccc2)CCN1C(=O)O. The molecule has 1 amide bonds. The molecular weight excluding hydrogens is 446 g/mol. The summed E-state index contributed by atoms with van der Waals surface area (Å²) in [5.41, 5.74) is 1.64. The van der Waals surface area contributed by atoms with Crippen LogP contribution >= 0.6 is 0 Å². The lowest BCUT2D eigenvalue weighted by Crippen LogP contribution is -2.56. The molecule has 3 rings (SSSR count). The fourth-order valence-electron chi connectivity index (χ4n) is 4.38. The molecule has 0 saturated carbocycles. The first-order chi connectivity index (χ1) is 16.7. The first kappa shape index (κ1) is 26.2. The van der Waals surface area contributed by atoms with Crippen LogP contribution in [0.5, 0.6) is 0 Å². The molecule has 0 aliphatic carbocycles. The van der Waals surface area contributed by atoms with Crippen molar-refractivity contribution in [3.8, 4) is 0 Å². The topological polar surface area (TPSA) is 99.2 Å². The fourth-order valence-corrected chi connectivity index (χ4v) is 4.38. The Hall–Kier alpha value is -3.39. The lowest BCUT2D eigenvalue weighted by atomic mass is 9.86. The van der Waals surface area contributed by atoms with Gasteiger partial charge in [0, 0.05) is 50.4 Å². The van der Waals surface area contributed by atoms with Gasteiger partial charge in [0.1, 0.15) is 0 Å². The highest BCUT2D eigenvalue weighted by Crippen LogP contribution is 2.27. The number of ketones is 1. The Morgan fingerprint density at radius 2 is 1.74 bits per heavy atom. The Kier molecular flexibility index (Phi) is 8.87. The second-order valence-electron chi connectivity index (χ2n) is 9.58. The fraction of sp³-hybridized carbons (Fsp3) is 0.444. The summed E-state index contributed by atoms with van der Waals surface area (Å²) in [5, 5.41) is 13.0. The molecule has 8 heteroatoms. The highest BCUT2D eigenvalue weighted by atomic mass is 16.5. The number of carbonyl (C=O) groups excluding carboxylic acids is 2. The van der Waals surface area contributed by atoms with Gasteiger partial charge in [-0.1, -0.05) is 42.5 Å². The molecule has 0 unspecified atom stereocenters. The number of hydrogen-bond donors (Lipinski definition) is 2. The van der Waals surface area contributed by atoms with E-state index in [-0.39, 0.29) is 24.2 Å². The van der Waals surface area contributed by atoms with Crippen molar-refractivity contribution in [1.29, 1.82) is 0 Å². The Labute approximate surface area is 206 Å². The van der Waals surface area contributed by atoms with Crippen LogP contribution in [0.1, 0.15) is 42.6 Å². The van der Waals surface area contributed by atoms with Gasteiger partial charge in [-0.3, -0.25) is 14.5 Å². The third-order valence-corrected chi connectivity index (χ3v) is 6.53. The number of anilines is 1. The predicted octanol–water partition coefficient (Wildman–Crippen LogP) is 4.13. The van der Waals surface area contributed by atoms with Gasteiger partial charge < -0.3 is 20.1 Å². The van der Waals surface area contributed by atoms with Crippen LogP contribution in [0.4, 0.5) is 10.5 Å². The molecule has 1 atom stereocenters. The van der Waals surface area contributed by atoms with E-state index in [2.05, 4.69) is 22.3 Å². The van der Waals surface area contributed by atoms with Crippen LogP contribution in [0.3, 0.4) is 0 Å². The van der Waals surface area contributed by atoms with E-state index in [1.54, 1.807) is 26.0 Å². The lowest BCUT2D eigenvalue weighted by Gasteiger charge is -2.40. The summed E-state index contributed by atoms with van der Waals surface area (Å²) in [6.07, 6.45) is -0.363. The Morgan fingerprint density at radius 1 is 1.06 bits per heavy atom. The standard InChI is InChI=1S/C27H35N3O5/c1-27(2,25(32)35-3)14-13-24(31)22-11-7-8-12-23(22)28-17-21-19-29(15-16-30(21)26(33)34)18-20-9-5-4-6-10-20/h4-12,21,28H,13-19H2,1-3H3,(H,33,34)/t21-/m0/s1. The van der Waals surface area contributed by atoms with Crippen molar-refractivity contribution in [1.82, 2.24) is 9.80 Å². The van der Waals surface area contributed by atoms with Crippen LogP contribution in [-0.2, 0) is 16.1 Å². The third-order valence-electron chi connectivity index (χ3n) is 6.53. The number of piperazine rings is 1. The smallest absolute Gasteiger partial charge is 0.407 e. The van der Waals surface area contributed by atoms with E-state index in [9.17, 15) is 19.5 Å². The molecule has 0 spiro atoms. The summed E-state index contributed by atoms with van der Waals surface area (Å²) >= 11 is 0. The van der Waals surface area contributed by atoms with Gasteiger partial charge in [-0.15, -0.1) is 0 Å². The predicted molar refractivity (Wildman–Crippen MR) is 135 cm³/mol. The minimum atomic E-state index is -0.939. The van der Waals surface area contributed by atoms with Crippen molar-refractivity contribution in [2.24, 2.45) is 5.41 Å². The highest BCUT2D eigenvalue weighted by molar-refractivity contribution is 6.01. The maximum absolute atomic E-state index is 13.0. The average Bonchev–Trinajstić information content (AvgIpc) is 2.86. The number of rotatable bonds is 10. The largest absolute Gasteiger partial charge is 0.469 e. The van der Waals surface area contributed by atoms with Gasteiger partial charge >= 0.3 is 12.1 Å². The Balaban J connectivity index is 1.66. The summed E-state index contributed by atoms with van der Waals surface area (Å²) in [5.74, 6) is -0.419. The molecule has 1 aliphatic heterocycles. The van der Waals surface area contributed by atoms with Gasteiger partial charge in [0.15, 0.2) is 5.78 Å². The molecule has 35 heavy (non-hydrogen) atoms. The van der Waals surface area contributed by atoms with Crippen LogP contribution in [-0.4, -0.2) is 72.1 Å². The Morgan fingerprint density at radius 3 is 2.43 bits per heavy atom. The van der Waals surface area contributed by atoms with E-state index in [1.807, 2.05) is 30.3 Å². The first-order valence-corrected chi connectivity index (χ1v) is 11.9. The molecular formula is C27H35N3O5. The van der Waals surface area contributed by atoms with Crippen LogP contribution in [0.15, 0.2) is 54.6 Å². The zero-order chi connectivity index (χ0) is 25.4. The van der Waals surface area contributed by atoms with Crippen LogP contribution < -0.4 is 5.32 Å². The minimum absolute atomic E-state index is 0.0745. The minimum Gasteiger partial charge on any atom is -0.469 e. The van der Waals surface area contributed by atoms with E-state index in [0.717, 1.165) is 6.54 Å². The quantitative estimate of drug-likeness (QED) is 0.389. The molecule has 2 aromatic carbocycles. The number of para-hydroxylation sites is 1. The number of benzene rings is 2. The molecule has 1 fully saturated rings. The van der Waals surface area contributed by atoms with Crippen LogP contribution in [0.25, 0.3) is 0 Å². The van der Waals surface area contributed by atoms with Crippen molar-refractivity contribution in [2.45, 2.75) is 39.3 Å². The van der Waals surface area contributed by atoms with Crippen LogP contribution in [0.2, 0.25) is 0 Å². The van der Waals surface area contributed by atoms with Crippen LogP contribution in [0, 0.1) is 5.41 Å². The Bertz CT molecular complexity index is 1020. The number of amides is 1. The highest BCUT2D eigenvalue weighted by Gasteiger charge is 2.31. The number of ether oxygens (including phenoxy) is 1. The summed E-state index contributed by atoms with van der Waals surface area (Å²) < 4.78 is 4.84. The molecule has 188 valence electrons. The number of carboxylic acid groups (broad SMARTS) is 1. The van der Waals surface area contributed by atoms with Gasteiger partial charge in [0.25, 0.3) is 0 Å². The van der Waals surface area contributed by atoms with Crippen molar-refractivity contribution in [2.75, 3.05) is 38.6 Å². The number of hydrogen-bond acceptors (Lipinski definition) is 6. The van der Waals surface area contributed by atoms with Crippen molar-refractivity contribution < 1.29 is 24.2 Å². The number of nitrogens with one attached hydrogen (secondary N) is 1. The van der Waals surface area contributed by atoms with Crippen molar-refractivity contribution in [3.63, 3.8) is 0 Å². The van der Waals surface area contributed by atoms with E-state index in [1.165, 1.54) is 17.6 Å². The number of carbonyl (C=O) groups is 3. The monoisotopic (exact) mass is 481 g/mol. The number of esters is 1.